The molecule has 10 nitrogen and oxygen atoms in total. The summed E-state index contributed by atoms with van der Waals surface area (Å²) in [5, 5.41) is 16.2. The normalized spacial score (nSPS) is 14.8. The Morgan fingerprint density at radius 2 is 1.69 bits per heavy atom. The van der Waals surface area contributed by atoms with Crippen LogP contribution in [0, 0.1) is 0 Å². The lowest BCUT2D eigenvalue weighted by molar-refractivity contribution is -0.147. The molecule has 0 saturated heterocycles. The Balaban J connectivity index is 1.97. The molecular weight excluding hydrogens is 500 g/mol. The molecule has 2 aromatic carbocycles. The maximum atomic E-state index is 14.1. The molecule has 0 aromatic heterocycles. The molecule has 1 aliphatic carbocycles. The molecule has 0 bridgehead atoms. The predicted molar refractivity (Wildman–Crippen MR) is 145 cm³/mol. The summed E-state index contributed by atoms with van der Waals surface area (Å²) >= 11 is 0. The van der Waals surface area contributed by atoms with Crippen molar-refractivity contribution in [2.24, 2.45) is 5.73 Å². The number of nitrogens with two attached hydrogens (primary N) is 1. The molecule has 10 heteroatoms. The number of phenols is 1. The standard InChI is InChI=1S/C29H38N4O6/c1-29(2,3)39-28(38)32-22(16-17-24(30)35)27(37)33(20-12-9-13-20)25(21-14-7-8-15-23(21)34)26(36)31-18-19-10-5-4-6-11-19/h4-8,10-11,14-15,20,22,25,34H,9,12-13,16-18H2,1-3H3,(H2,30,35)(H,31,36)(H,32,38). The van der Waals surface area contributed by atoms with Gasteiger partial charge in [-0.3, -0.25) is 14.4 Å². The SMILES string of the molecule is CC(C)(C)OC(=O)NC(CCC(N)=O)C(=O)N(C1CCC1)C(C(=O)NCc1ccccc1)c1ccccc1O. The average Bonchev–Trinajstić information content (AvgIpc) is 2.83. The second-order valence-corrected chi connectivity index (χ2v) is 10.7. The van der Waals surface area contributed by atoms with Gasteiger partial charge in [0.2, 0.25) is 17.7 Å². The topological polar surface area (TPSA) is 151 Å². The molecule has 2 atom stereocenters. The van der Waals surface area contributed by atoms with E-state index in [0.717, 1.165) is 12.0 Å². The highest BCUT2D eigenvalue weighted by molar-refractivity contribution is 5.93. The summed E-state index contributed by atoms with van der Waals surface area (Å²) in [6, 6.07) is 13.0. The van der Waals surface area contributed by atoms with E-state index in [1.165, 1.54) is 11.0 Å². The number of primary amides is 1. The van der Waals surface area contributed by atoms with Crippen LogP contribution in [-0.4, -0.2) is 51.5 Å². The summed E-state index contributed by atoms with van der Waals surface area (Å²) in [5.74, 6) is -1.81. The minimum atomic E-state index is -1.18. The minimum absolute atomic E-state index is 0.0737. The Bertz CT molecular complexity index is 1160. The fraction of sp³-hybridized carbons (Fsp3) is 0.448. The summed E-state index contributed by atoms with van der Waals surface area (Å²) in [7, 11) is 0. The molecule has 2 unspecified atom stereocenters. The van der Waals surface area contributed by atoms with Gasteiger partial charge in [0.05, 0.1) is 0 Å². The fourth-order valence-corrected chi connectivity index (χ4v) is 4.37. The number of rotatable bonds is 11. The van der Waals surface area contributed by atoms with E-state index in [1.807, 2.05) is 30.3 Å². The zero-order chi connectivity index (χ0) is 28.6. The number of benzene rings is 2. The van der Waals surface area contributed by atoms with Crippen LogP contribution in [0.15, 0.2) is 54.6 Å². The number of ether oxygens (including phenoxy) is 1. The zero-order valence-electron chi connectivity index (χ0n) is 22.7. The van der Waals surface area contributed by atoms with Gasteiger partial charge in [0.15, 0.2) is 0 Å². The largest absolute Gasteiger partial charge is 0.508 e. The Labute approximate surface area is 228 Å². The number of carbonyl (C=O) groups excluding carboxylic acids is 4. The highest BCUT2D eigenvalue weighted by Crippen LogP contribution is 2.37. The summed E-state index contributed by atoms with van der Waals surface area (Å²) in [4.78, 5) is 53.6. The molecule has 0 spiro atoms. The van der Waals surface area contributed by atoms with Crippen molar-refractivity contribution in [3.63, 3.8) is 0 Å². The molecule has 4 amide bonds. The number of hydrogen-bond donors (Lipinski definition) is 4. The number of phenolic OH excluding ortho intramolecular Hbond substituents is 1. The number of nitrogens with zero attached hydrogens (tertiary/aromatic N) is 1. The number of amides is 4. The first kappa shape index (κ1) is 29.5. The maximum Gasteiger partial charge on any atom is 0.408 e. The van der Waals surface area contributed by atoms with E-state index >= 15 is 0 Å². The molecule has 39 heavy (non-hydrogen) atoms. The summed E-state index contributed by atoms with van der Waals surface area (Å²) < 4.78 is 5.35. The van der Waals surface area contributed by atoms with Gasteiger partial charge in [0, 0.05) is 24.6 Å². The Morgan fingerprint density at radius 3 is 2.26 bits per heavy atom. The van der Waals surface area contributed by atoms with E-state index < -0.39 is 41.5 Å². The molecule has 5 N–H and O–H groups in total. The van der Waals surface area contributed by atoms with E-state index in [0.29, 0.717) is 12.8 Å². The average molecular weight is 539 g/mol. The second-order valence-electron chi connectivity index (χ2n) is 10.7. The first-order chi connectivity index (χ1) is 18.5. The molecular formula is C29H38N4O6. The highest BCUT2D eigenvalue weighted by atomic mass is 16.6. The Hall–Kier alpha value is -4.08. The van der Waals surface area contributed by atoms with Crippen molar-refractivity contribution in [3.05, 3.63) is 65.7 Å². The van der Waals surface area contributed by atoms with E-state index in [1.54, 1.807) is 39.0 Å². The van der Waals surface area contributed by atoms with E-state index in [-0.39, 0.29) is 36.7 Å². The van der Waals surface area contributed by atoms with Crippen molar-refractivity contribution in [1.29, 1.82) is 0 Å². The van der Waals surface area contributed by atoms with Gasteiger partial charge < -0.3 is 31.1 Å². The predicted octanol–water partition coefficient (Wildman–Crippen LogP) is 3.29. The lowest BCUT2D eigenvalue weighted by Crippen LogP contribution is -2.57. The van der Waals surface area contributed by atoms with Crippen LogP contribution < -0.4 is 16.4 Å². The monoisotopic (exact) mass is 538 g/mol. The van der Waals surface area contributed by atoms with Crippen LogP contribution in [0.5, 0.6) is 5.75 Å². The summed E-state index contributed by atoms with van der Waals surface area (Å²) in [6.45, 7) is 5.30. The van der Waals surface area contributed by atoms with Gasteiger partial charge in [0.1, 0.15) is 23.4 Å². The van der Waals surface area contributed by atoms with Crippen molar-refractivity contribution in [2.45, 2.75) is 83.1 Å². The number of nitrogens with one attached hydrogen (secondary N) is 2. The molecule has 0 radical (unpaired) electrons. The molecule has 1 aliphatic rings. The van der Waals surface area contributed by atoms with Crippen molar-refractivity contribution >= 4 is 23.8 Å². The summed E-state index contributed by atoms with van der Waals surface area (Å²) in [6.07, 6.45) is 1.10. The first-order valence-corrected chi connectivity index (χ1v) is 13.2. The molecule has 1 saturated carbocycles. The van der Waals surface area contributed by atoms with Crippen molar-refractivity contribution in [1.82, 2.24) is 15.5 Å². The highest BCUT2D eigenvalue weighted by Gasteiger charge is 2.42. The van der Waals surface area contributed by atoms with Gasteiger partial charge in [-0.05, 0) is 58.1 Å². The van der Waals surface area contributed by atoms with Gasteiger partial charge in [-0.15, -0.1) is 0 Å². The Morgan fingerprint density at radius 1 is 1.05 bits per heavy atom. The van der Waals surface area contributed by atoms with Crippen LogP contribution in [0.1, 0.15) is 70.0 Å². The lowest BCUT2D eigenvalue weighted by Gasteiger charge is -2.43. The number of alkyl carbamates (subject to hydrolysis) is 1. The molecule has 0 aliphatic heterocycles. The van der Waals surface area contributed by atoms with Gasteiger partial charge in [-0.2, -0.15) is 0 Å². The molecule has 2 aromatic rings. The third-order valence-electron chi connectivity index (χ3n) is 6.46. The molecule has 0 heterocycles. The third kappa shape index (κ3) is 8.46. The van der Waals surface area contributed by atoms with Crippen molar-refractivity contribution in [3.8, 4) is 5.75 Å². The van der Waals surface area contributed by atoms with Gasteiger partial charge >= 0.3 is 6.09 Å². The minimum Gasteiger partial charge on any atom is -0.508 e. The van der Waals surface area contributed by atoms with Gasteiger partial charge in [0.25, 0.3) is 0 Å². The Kier molecular flexibility index (Phi) is 9.92. The van der Waals surface area contributed by atoms with Crippen LogP contribution in [0.2, 0.25) is 0 Å². The quantitative estimate of drug-likeness (QED) is 0.345. The number of para-hydroxylation sites is 1. The van der Waals surface area contributed by atoms with Crippen molar-refractivity contribution in [2.75, 3.05) is 0 Å². The van der Waals surface area contributed by atoms with Crippen LogP contribution in [0.25, 0.3) is 0 Å². The number of carbonyl (C=O) groups is 4. The van der Waals surface area contributed by atoms with E-state index in [4.69, 9.17) is 10.5 Å². The first-order valence-electron chi connectivity index (χ1n) is 13.2. The van der Waals surface area contributed by atoms with Crippen LogP contribution >= 0.6 is 0 Å². The second kappa shape index (κ2) is 13.1. The zero-order valence-corrected chi connectivity index (χ0v) is 22.7. The van der Waals surface area contributed by atoms with Crippen LogP contribution in [-0.2, 0) is 25.7 Å². The number of hydrogen-bond acceptors (Lipinski definition) is 6. The number of aromatic hydroxyl groups is 1. The van der Waals surface area contributed by atoms with Crippen LogP contribution in [0.3, 0.4) is 0 Å². The van der Waals surface area contributed by atoms with Crippen LogP contribution in [0.4, 0.5) is 4.79 Å². The smallest absolute Gasteiger partial charge is 0.408 e. The van der Waals surface area contributed by atoms with Crippen molar-refractivity contribution < 1.29 is 29.0 Å². The third-order valence-corrected chi connectivity index (χ3v) is 6.46. The van der Waals surface area contributed by atoms with Gasteiger partial charge in [-0.1, -0.05) is 48.5 Å². The summed E-state index contributed by atoms with van der Waals surface area (Å²) in [5.41, 5.74) is 5.67. The van der Waals surface area contributed by atoms with E-state index in [9.17, 15) is 24.3 Å². The maximum absolute atomic E-state index is 14.1. The fourth-order valence-electron chi connectivity index (χ4n) is 4.37. The van der Waals surface area contributed by atoms with Gasteiger partial charge in [-0.25, -0.2) is 4.79 Å². The lowest BCUT2D eigenvalue weighted by atomic mass is 9.87. The van der Waals surface area contributed by atoms with E-state index in [2.05, 4.69) is 10.6 Å². The molecule has 1 fully saturated rings. The molecule has 210 valence electrons. The molecule has 3 rings (SSSR count).